The van der Waals surface area contributed by atoms with Gasteiger partial charge in [0.15, 0.2) is 0 Å². The molecule has 0 aromatic carbocycles. The highest BCUT2D eigenvalue weighted by molar-refractivity contribution is 6.20. The van der Waals surface area contributed by atoms with Crippen molar-refractivity contribution in [3.63, 3.8) is 0 Å². The van der Waals surface area contributed by atoms with Crippen LogP contribution >= 0.6 is 11.6 Å². The van der Waals surface area contributed by atoms with Crippen molar-refractivity contribution in [2.45, 2.75) is 39.0 Å². The second kappa shape index (κ2) is 7.63. The molecule has 1 N–H and O–H groups in total. The number of halogens is 1. The first-order chi connectivity index (χ1) is 5.66. The Morgan fingerprint density at radius 2 is 2.17 bits per heavy atom. The summed E-state index contributed by atoms with van der Waals surface area (Å²) in [4.78, 5) is 0. The predicted molar refractivity (Wildman–Crippen MR) is 56.8 cm³/mol. The van der Waals surface area contributed by atoms with Crippen LogP contribution in [0.2, 0.25) is 0 Å². The Morgan fingerprint density at radius 3 is 2.67 bits per heavy atom. The zero-order valence-electron chi connectivity index (χ0n) is 8.36. The van der Waals surface area contributed by atoms with Crippen molar-refractivity contribution in [2.75, 3.05) is 13.1 Å². The second-order valence-electron chi connectivity index (χ2n) is 3.33. The average molecular weight is 190 g/mol. The van der Waals surface area contributed by atoms with Gasteiger partial charge in [0.25, 0.3) is 0 Å². The fourth-order valence-electron chi connectivity index (χ4n) is 0.932. The summed E-state index contributed by atoms with van der Waals surface area (Å²) in [7, 11) is 0. The van der Waals surface area contributed by atoms with Crippen molar-refractivity contribution in [2.24, 2.45) is 0 Å². The fourth-order valence-corrected chi connectivity index (χ4v) is 1.26. The highest BCUT2D eigenvalue weighted by atomic mass is 35.5. The van der Waals surface area contributed by atoms with Crippen molar-refractivity contribution >= 4 is 11.6 Å². The molecule has 0 aromatic rings. The van der Waals surface area contributed by atoms with Gasteiger partial charge in [0.1, 0.15) is 0 Å². The third-order valence-electron chi connectivity index (χ3n) is 1.62. The highest BCUT2D eigenvalue weighted by Crippen LogP contribution is 2.02. The van der Waals surface area contributed by atoms with Gasteiger partial charge in [-0.05, 0) is 20.3 Å². The molecule has 0 heterocycles. The zero-order valence-corrected chi connectivity index (χ0v) is 9.12. The molecule has 1 nitrogen and oxygen atoms in total. The minimum absolute atomic E-state index is 0.292. The standard InChI is InChI=1S/C10H20ClN/c1-4-5-10(11)8-12-7-6-9(2)3/h6,10,12H,4-5,7-8H2,1-3H3. The minimum Gasteiger partial charge on any atom is -0.312 e. The van der Waals surface area contributed by atoms with E-state index >= 15 is 0 Å². The molecule has 0 bridgehead atoms. The lowest BCUT2D eigenvalue weighted by Crippen LogP contribution is -2.23. The first kappa shape index (κ1) is 12.0. The summed E-state index contributed by atoms with van der Waals surface area (Å²) in [6, 6.07) is 0. The van der Waals surface area contributed by atoms with Gasteiger partial charge in [0, 0.05) is 18.5 Å². The van der Waals surface area contributed by atoms with Crippen LogP contribution in [-0.4, -0.2) is 18.5 Å². The zero-order chi connectivity index (χ0) is 9.40. The van der Waals surface area contributed by atoms with Crippen molar-refractivity contribution in [1.82, 2.24) is 5.32 Å². The quantitative estimate of drug-likeness (QED) is 0.385. The predicted octanol–water partition coefficient (Wildman–Crippen LogP) is 2.95. The molecule has 0 rings (SSSR count). The van der Waals surface area contributed by atoms with E-state index in [9.17, 15) is 0 Å². The number of allylic oxidation sites excluding steroid dienone is 1. The summed E-state index contributed by atoms with van der Waals surface area (Å²) in [5.41, 5.74) is 1.35. The molecule has 72 valence electrons. The van der Waals surface area contributed by atoms with E-state index in [4.69, 9.17) is 11.6 Å². The van der Waals surface area contributed by atoms with Crippen LogP contribution < -0.4 is 5.32 Å². The summed E-state index contributed by atoms with van der Waals surface area (Å²) in [6.07, 6.45) is 4.44. The average Bonchev–Trinajstić information content (AvgIpc) is 1.98. The maximum Gasteiger partial charge on any atom is 0.0460 e. The number of hydrogen-bond donors (Lipinski definition) is 1. The van der Waals surface area contributed by atoms with Crippen molar-refractivity contribution < 1.29 is 0 Å². The van der Waals surface area contributed by atoms with E-state index < -0.39 is 0 Å². The number of alkyl halides is 1. The molecule has 2 heteroatoms. The van der Waals surface area contributed by atoms with E-state index in [1.807, 2.05) is 0 Å². The van der Waals surface area contributed by atoms with Crippen LogP contribution in [-0.2, 0) is 0 Å². The molecule has 0 aliphatic rings. The van der Waals surface area contributed by atoms with Gasteiger partial charge in [0.05, 0.1) is 0 Å². The van der Waals surface area contributed by atoms with Gasteiger partial charge in [-0.1, -0.05) is 25.0 Å². The summed E-state index contributed by atoms with van der Waals surface area (Å²) in [5, 5.41) is 3.59. The Kier molecular flexibility index (Phi) is 7.62. The van der Waals surface area contributed by atoms with Crippen LogP contribution in [0, 0.1) is 0 Å². The minimum atomic E-state index is 0.292. The van der Waals surface area contributed by atoms with E-state index in [-0.39, 0.29) is 0 Å². The lowest BCUT2D eigenvalue weighted by atomic mass is 10.2. The fraction of sp³-hybridized carbons (Fsp3) is 0.800. The van der Waals surface area contributed by atoms with Crippen molar-refractivity contribution in [3.05, 3.63) is 11.6 Å². The molecule has 0 aliphatic carbocycles. The monoisotopic (exact) mass is 189 g/mol. The van der Waals surface area contributed by atoms with Gasteiger partial charge in [-0.3, -0.25) is 0 Å². The number of rotatable bonds is 6. The van der Waals surface area contributed by atoms with E-state index in [1.54, 1.807) is 0 Å². The molecule has 0 amide bonds. The summed E-state index contributed by atoms with van der Waals surface area (Å²) in [5.74, 6) is 0. The van der Waals surface area contributed by atoms with Crippen LogP contribution in [0.5, 0.6) is 0 Å². The van der Waals surface area contributed by atoms with Crippen LogP contribution in [0.4, 0.5) is 0 Å². The Bertz CT molecular complexity index is 128. The molecular formula is C10H20ClN. The number of nitrogens with one attached hydrogen (secondary N) is 1. The SMILES string of the molecule is CCCC(Cl)CNCC=C(C)C. The van der Waals surface area contributed by atoms with Crippen LogP contribution in [0.15, 0.2) is 11.6 Å². The molecule has 0 radical (unpaired) electrons. The molecular weight excluding hydrogens is 170 g/mol. The molecule has 1 unspecified atom stereocenters. The van der Waals surface area contributed by atoms with Gasteiger partial charge in [0.2, 0.25) is 0 Å². The van der Waals surface area contributed by atoms with Gasteiger partial charge in [-0.2, -0.15) is 0 Å². The molecule has 1 atom stereocenters. The van der Waals surface area contributed by atoms with Crippen LogP contribution in [0.3, 0.4) is 0 Å². The summed E-state index contributed by atoms with van der Waals surface area (Å²) < 4.78 is 0. The van der Waals surface area contributed by atoms with Crippen LogP contribution in [0.1, 0.15) is 33.6 Å². The summed E-state index contributed by atoms with van der Waals surface area (Å²) >= 11 is 6.01. The van der Waals surface area contributed by atoms with Crippen LogP contribution in [0.25, 0.3) is 0 Å². The molecule has 0 aromatic heterocycles. The molecule has 0 saturated carbocycles. The highest BCUT2D eigenvalue weighted by Gasteiger charge is 2.00. The van der Waals surface area contributed by atoms with Gasteiger partial charge in [-0.15, -0.1) is 11.6 Å². The Hall–Kier alpha value is -0.0100. The molecule has 12 heavy (non-hydrogen) atoms. The Labute approximate surface area is 81.2 Å². The Morgan fingerprint density at radius 1 is 1.50 bits per heavy atom. The van der Waals surface area contributed by atoms with E-state index in [2.05, 4.69) is 32.2 Å². The van der Waals surface area contributed by atoms with Gasteiger partial charge < -0.3 is 5.32 Å². The van der Waals surface area contributed by atoms with Crippen molar-refractivity contribution in [1.29, 1.82) is 0 Å². The maximum atomic E-state index is 6.01. The van der Waals surface area contributed by atoms with Gasteiger partial charge in [-0.25, -0.2) is 0 Å². The lowest BCUT2D eigenvalue weighted by molar-refractivity contribution is 0.653. The van der Waals surface area contributed by atoms with Crippen molar-refractivity contribution in [3.8, 4) is 0 Å². The normalized spacial score (nSPS) is 12.7. The molecule has 0 fully saturated rings. The summed E-state index contributed by atoms with van der Waals surface area (Å²) in [6.45, 7) is 8.22. The van der Waals surface area contributed by atoms with Gasteiger partial charge >= 0.3 is 0 Å². The third kappa shape index (κ3) is 8.09. The van der Waals surface area contributed by atoms with E-state index in [0.717, 1.165) is 19.5 Å². The molecule has 0 spiro atoms. The Balaban J connectivity index is 3.25. The first-order valence-electron chi connectivity index (χ1n) is 4.65. The topological polar surface area (TPSA) is 12.0 Å². The number of hydrogen-bond acceptors (Lipinski definition) is 1. The third-order valence-corrected chi connectivity index (χ3v) is 1.99. The maximum absolute atomic E-state index is 6.01. The smallest absolute Gasteiger partial charge is 0.0460 e. The largest absolute Gasteiger partial charge is 0.312 e. The first-order valence-corrected chi connectivity index (χ1v) is 5.08. The molecule has 0 saturated heterocycles. The van der Waals surface area contributed by atoms with E-state index in [0.29, 0.717) is 5.38 Å². The molecule has 0 aliphatic heterocycles. The second-order valence-corrected chi connectivity index (χ2v) is 3.94. The lowest BCUT2D eigenvalue weighted by Gasteiger charge is -2.07. The van der Waals surface area contributed by atoms with E-state index in [1.165, 1.54) is 12.0 Å².